The number of pyridine rings is 1. The maximum absolute atomic E-state index is 12.8. The van der Waals surface area contributed by atoms with Gasteiger partial charge in [0.15, 0.2) is 6.61 Å². The number of aromatic nitrogens is 3. The number of methoxy groups -OCH3 is 1. The summed E-state index contributed by atoms with van der Waals surface area (Å²) in [5, 5.41) is 3.15. The number of nitrogens with zero attached hydrogens (tertiary/aromatic N) is 3. The zero-order valence-corrected chi connectivity index (χ0v) is 18.1. The van der Waals surface area contributed by atoms with Gasteiger partial charge < -0.3 is 14.8 Å². The second kappa shape index (κ2) is 9.92. The predicted molar refractivity (Wildman–Crippen MR) is 120 cm³/mol. The van der Waals surface area contributed by atoms with Crippen molar-refractivity contribution < 1.29 is 14.3 Å². The summed E-state index contributed by atoms with van der Waals surface area (Å²) in [6, 6.07) is 10.0. The highest BCUT2D eigenvalue weighted by atomic mass is 16.5. The molecule has 1 aromatic carbocycles. The molecular formula is C25H24N4O3. The Hall–Kier alpha value is -3.92. The van der Waals surface area contributed by atoms with Crippen LogP contribution in [0.1, 0.15) is 34.8 Å². The molecule has 0 spiro atoms. The van der Waals surface area contributed by atoms with Crippen molar-refractivity contribution in [2.75, 3.05) is 13.7 Å². The van der Waals surface area contributed by atoms with Gasteiger partial charge in [-0.05, 0) is 48.9 Å². The Morgan fingerprint density at radius 3 is 2.72 bits per heavy atom. The lowest BCUT2D eigenvalue weighted by Crippen LogP contribution is -2.39. The van der Waals surface area contributed by atoms with E-state index >= 15 is 0 Å². The number of carbonyl (C=O) groups is 1. The van der Waals surface area contributed by atoms with Gasteiger partial charge in [-0.15, -0.1) is 5.92 Å². The molecule has 0 bridgehead atoms. The molecule has 7 heteroatoms. The van der Waals surface area contributed by atoms with E-state index in [1.807, 2.05) is 0 Å². The van der Waals surface area contributed by atoms with Crippen LogP contribution in [0.2, 0.25) is 0 Å². The van der Waals surface area contributed by atoms with Crippen molar-refractivity contribution >= 4 is 5.91 Å². The van der Waals surface area contributed by atoms with Crippen molar-refractivity contribution in [1.82, 2.24) is 20.3 Å². The number of hydrogen-bond donors (Lipinski definition) is 1. The van der Waals surface area contributed by atoms with E-state index in [1.165, 1.54) is 17.3 Å². The number of benzene rings is 1. The van der Waals surface area contributed by atoms with Gasteiger partial charge in [-0.2, -0.15) is 0 Å². The van der Waals surface area contributed by atoms with Gasteiger partial charge in [-0.25, -0.2) is 15.0 Å². The Bertz CT molecular complexity index is 1150. The van der Waals surface area contributed by atoms with Crippen LogP contribution in [0.5, 0.6) is 11.9 Å². The number of ether oxygens (including phenoxy) is 2. The summed E-state index contributed by atoms with van der Waals surface area (Å²) in [5.74, 6) is 5.88. The molecule has 4 rings (SSSR count). The Morgan fingerprint density at radius 2 is 2.00 bits per heavy atom. The molecular weight excluding hydrogens is 404 g/mol. The number of amides is 1. The number of hydrogen-bond acceptors (Lipinski definition) is 6. The number of rotatable bonds is 6. The Balaban J connectivity index is 1.45. The molecule has 2 heterocycles. The third-order valence-corrected chi connectivity index (χ3v) is 5.41. The minimum absolute atomic E-state index is 0.0334. The third kappa shape index (κ3) is 4.86. The van der Waals surface area contributed by atoms with Crippen LogP contribution in [0.3, 0.4) is 0 Å². The lowest BCUT2D eigenvalue weighted by atomic mass is 9.84. The zero-order chi connectivity index (χ0) is 22.3. The summed E-state index contributed by atoms with van der Waals surface area (Å²) in [5.41, 5.74) is 5.03. The highest BCUT2D eigenvalue weighted by Gasteiger charge is 2.23. The highest BCUT2D eigenvalue weighted by molar-refractivity contribution is 5.94. The van der Waals surface area contributed by atoms with Crippen LogP contribution in [-0.2, 0) is 12.8 Å². The zero-order valence-electron chi connectivity index (χ0n) is 18.1. The van der Waals surface area contributed by atoms with Crippen LogP contribution >= 0.6 is 0 Å². The molecule has 1 atom stereocenters. The lowest BCUT2D eigenvalue weighted by molar-refractivity contribution is 0.0933. The van der Waals surface area contributed by atoms with Gasteiger partial charge in [0.25, 0.3) is 5.91 Å². The molecule has 1 N–H and O–H groups in total. The Labute approximate surface area is 187 Å². The predicted octanol–water partition coefficient (Wildman–Crippen LogP) is 3.24. The van der Waals surface area contributed by atoms with Gasteiger partial charge in [0.2, 0.25) is 5.88 Å². The van der Waals surface area contributed by atoms with Gasteiger partial charge in [0.05, 0.1) is 12.7 Å². The number of nitrogens with one attached hydrogen (secondary N) is 1. The maximum Gasteiger partial charge on any atom is 0.316 e. The largest absolute Gasteiger partial charge is 0.467 e. The summed E-state index contributed by atoms with van der Waals surface area (Å²) >= 11 is 0. The standard InChI is InChI=1S/C25H24N4O3/c1-3-4-12-32-23-11-9-18(14-26-23)24(30)29-20-10-8-17-6-5-7-21(22(17)13-20)19-15-27-25(31-2)28-16-19/h5-7,9,11,14-16,20H,8,10,12-13H2,1-2H3,(H,29,30)/t20-/m1/s1. The minimum Gasteiger partial charge on any atom is -0.467 e. The molecule has 7 nitrogen and oxygen atoms in total. The van der Waals surface area contributed by atoms with Crippen molar-refractivity contribution in [2.45, 2.75) is 32.2 Å². The van der Waals surface area contributed by atoms with E-state index in [0.29, 0.717) is 17.5 Å². The second-order valence-corrected chi connectivity index (χ2v) is 7.42. The van der Waals surface area contributed by atoms with Gasteiger partial charge in [-0.1, -0.05) is 24.1 Å². The van der Waals surface area contributed by atoms with Crippen molar-refractivity contribution in [2.24, 2.45) is 0 Å². The number of aryl methyl sites for hydroxylation is 1. The summed E-state index contributed by atoms with van der Waals surface area (Å²) in [4.78, 5) is 25.4. The van der Waals surface area contributed by atoms with E-state index in [2.05, 4.69) is 50.3 Å². The monoisotopic (exact) mass is 428 g/mol. The van der Waals surface area contributed by atoms with Crippen LogP contribution in [0, 0.1) is 11.8 Å². The third-order valence-electron chi connectivity index (χ3n) is 5.41. The van der Waals surface area contributed by atoms with E-state index in [-0.39, 0.29) is 18.6 Å². The summed E-state index contributed by atoms with van der Waals surface area (Å²) < 4.78 is 10.5. The second-order valence-electron chi connectivity index (χ2n) is 7.42. The SMILES string of the molecule is CC#CCOc1ccc(C(=O)N[C@@H]2CCc3cccc(-c4cnc(OC)nc4)c3C2)cn1. The van der Waals surface area contributed by atoms with Gasteiger partial charge in [0.1, 0.15) is 0 Å². The fraction of sp³-hybridized carbons (Fsp3) is 0.280. The lowest BCUT2D eigenvalue weighted by Gasteiger charge is -2.27. The molecule has 1 amide bonds. The van der Waals surface area contributed by atoms with Crippen molar-refractivity contribution in [1.29, 1.82) is 0 Å². The van der Waals surface area contributed by atoms with Crippen LogP contribution in [-0.4, -0.2) is 40.6 Å². The van der Waals surface area contributed by atoms with E-state index in [4.69, 9.17) is 9.47 Å². The van der Waals surface area contributed by atoms with Crippen LogP contribution in [0.4, 0.5) is 0 Å². The Kier molecular flexibility index (Phi) is 6.61. The van der Waals surface area contributed by atoms with E-state index in [9.17, 15) is 4.79 Å². The first kappa shape index (κ1) is 21.3. The highest BCUT2D eigenvalue weighted by Crippen LogP contribution is 2.31. The first-order valence-corrected chi connectivity index (χ1v) is 10.4. The van der Waals surface area contributed by atoms with Gasteiger partial charge in [0, 0.05) is 36.3 Å². The molecule has 0 aliphatic heterocycles. The van der Waals surface area contributed by atoms with E-state index in [0.717, 1.165) is 30.4 Å². The van der Waals surface area contributed by atoms with E-state index in [1.54, 1.807) is 38.6 Å². The van der Waals surface area contributed by atoms with Crippen molar-refractivity contribution in [3.05, 3.63) is 65.6 Å². The number of carbonyl (C=O) groups excluding carboxylic acids is 1. The average Bonchev–Trinajstić information content (AvgIpc) is 2.84. The molecule has 0 unspecified atom stereocenters. The minimum atomic E-state index is -0.142. The summed E-state index contributed by atoms with van der Waals surface area (Å²) in [6.07, 6.45) is 7.59. The molecule has 0 fully saturated rings. The first-order chi connectivity index (χ1) is 15.7. The molecule has 1 aliphatic rings. The molecule has 0 saturated heterocycles. The van der Waals surface area contributed by atoms with Gasteiger partial charge in [-0.3, -0.25) is 4.79 Å². The van der Waals surface area contributed by atoms with Crippen molar-refractivity contribution in [3.63, 3.8) is 0 Å². The first-order valence-electron chi connectivity index (χ1n) is 10.4. The molecule has 1 aliphatic carbocycles. The van der Waals surface area contributed by atoms with Crippen LogP contribution in [0.15, 0.2) is 48.9 Å². The maximum atomic E-state index is 12.8. The molecule has 0 radical (unpaired) electrons. The smallest absolute Gasteiger partial charge is 0.316 e. The van der Waals surface area contributed by atoms with Crippen LogP contribution < -0.4 is 14.8 Å². The molecule has 2 aromatic heterocycles. The fourth-order valence-electron chi connectivity index (χ4n) is 3.79. The quantitative estimate of drug-likeness (QED) is 0.607. The van der Waals surface area contributed by atoms with Crippen molar-refractivity contribution in [3.8, 4) is 34.9 Å². The summed E-state index contributed by atoms with van der Waals surface area (Å²) in [6.45, 7) is 2.03. The Morgan fingerprint density at radius 1 is 1.16 bits per heavy atom. The van der Waals surface area contributed by atoms with Crippen LogP contribution in [0.25, 0.3) is 11.1 Å². The molecule has 3 aromatic rings. The average molecular weight is 428 g/mol. The summed E-state index contributed by atoms with van der Waals surface area (Å²) in [7, 11) is 1.55. The number of fused-ring (bicyclic) bond motifs is 1. The topological polar surface area (TPSA) is 86.2 Å². The molecule has 0 saturated carbocycles. The van der Waals surface area contributed by atoms with Gasteiger partial charge >= 0.3 is 6.01 Å². The fourth-order valence-corrected chi connectivity index (χ4v) is 3.79. The molecule has 162 valence electrons. The normalized spacial score (nSPS) is 14.5. The van der Waals surface area contributed by atoms with E-state index < -0.39 is 0 Å². The molecule has 32 heavy (non-hydrogen) atoms.